The molecule has 0 saturated heterocycles. The fourth-order valence-corrected chi connectivity index (χ4v) is 2.27. The van der Waals surface area contributed by atoms with Crippen LogP contribution in [0.25, 0.3) is 0 Å². The van der Waals surface area contributed by atoms with Gasteiger partial charge in [0, 0.05) is 15.3 Å². The molecule has 0 saturated carbocycles. The minimum atomic E-state index is -0.268. The van der Waals surface area contributed by atoms with Crippen LogP contribution in [0.5, 0.6) is 0 Å². The lowest BCUT2D eigenvalue weighted by atomic mass is 10.1. The van der Waals surface area contributed by atoms with Crippen molar-refractivity contribution < 1.29 is 4.79 Å². The van der Waals surface area contributed by atoms with Crippen molar-refractivity contribution in [3.63, 3.8) is 0 Å². The molecule has 4 nitrogen and oxygen atoms in total. The second-order valence-electron chi connectivity index (χ2n) is 4.47. The van der Waals surface area contributed by atoms with Gasteiger partial charge in [0.1, 0.15) is 0 Å². The van der Waals surface area contributed by atoms with Gasteiger partial charge in [0.15, 0.2) is 0 Å². The van der Waals surface area contributed by atoms with Gasteiger partial charge in [-0.05, 0) is 59.3 Å². The van der Waals surface area contributed by atoms with Crippen molar-refractivity contribution in [1.82, 2.24) is 0 Å². The van der Waals surface area contributed by atoms with Gasteiger partial charge >= 0.3 is 6.03 Å². The maximum Gasteiger partial charge on any atom is 0.323 e. The van der Waals surface area contributed by atoms with Gasteiger partial charge in [0.25, 0.3) is 0 Å². The summed E-state index contributed by atoms with van der Waals surface area (Å²) in [5, 5.41) is 5.62. The molecule has 4 N–H and O–H groups in total. The van der Waals surface area contributed by atoms with E-state index >= 15 is 0 Å². The molecule has 0 radical (unpaired) electrons. The van der Waals surface area contributed by atoms with Gasteiger partial charge in [-0.25, -0.2) is 4.79 Å². The first-order valence-electron chi connectivity index (χ1n) is 6.24. The van der Waals surface area contributed by atoms with Crippen molar-refractivity contribution in [1.29, 1.82) is 0 Å². The van der Waals surface area contributed by atoms with Crippen molar-refractivity contribution in [2.45, 2.75) is 13.0 Å². The highest BCUT2D eigenvalue weighted by molar-refractivity contribution is 14.1. The maximum absolute atomic E-state index is 12.0. The first-order valence-corrected chi connectivity index (χ1v) is 7.32. The second-order valence-corrected chi connectivity index (χ2v) is 5.64. The van der Waals surface area contributed by atoms with Crippen LogP contribution in [-0.2, 0) is 0 Å². The minimum Gasteiger partial charge on any atom is -0.324 e. The third-order valence-electron chi connectivity index (χ3n) is 2.79. The van der Waals surface area contributed by atoms with Crippen LogP contribution in [0.2, 0.25) is 0 Å². The van der Waals surface area contributed by atoms with Gasteiger partial charge in [-0.15, -0.1) is 0 Å². The molecule has 20 heavy (non-hydrogen) atoms. The zero-order chi connectivity index (χ0) is 14.5. The summed E-state index contributed by atoms with van der Waals surface area (Å²) in [4.78, 5) is 12.0. The molecule has 2 amide bonds. The molecule has 0 aliphatic rings. The van der Waals surface area contributed by atoms with E-state index in [-0.39, 0.29) is 12.1 Å². The quantitative estimate of drug-likeness (QED) is 0.705. The summed E-state index contributed by atoms with van der Waals surface area (Å²) in [6.45, 7) is 1.91. The number of rotatable bonds is 3. The second kappa shape index (κ2) is 6.71. The molecule has 0 aliphatic heterocycles. The van der Waals surface area contributed by atoms with Crippen LogP contribution >= 0.6 is 22.6 Å². The Labute approximate surface area is 131 Å². The third-order valence-corrected chi connectivity index (χ3v) is 3.73. The molecule has 5 heteroatoms. The van der Waals surface area contributed by atoms with E-state index in [1.807, 2.05) is 55.5 Å². The van der Waals surface area contributed by atoms with Crippen molar-refractivity contribution in [2.75, 3.05) is 10.6 Å². The van der Waals surface area contributed by atoms with Crippen LogP contribution < -0.4 is 16.4 Å². The third kappa shape index (κ3) is 3.94. The number of carbonyl (C=O) groups is 1. The number of amides is 2. The van der Waals surface area contributed by atoms with Crippen molar-refractivity contribution in [3.8, 4) is 0 Å². The molecule has 0 fully saturated rings. The Hall–Kier alpha value is -1.60. The maximum atomic E-state index is 12.0. The smallest absolute Gasteiger partial charge is 0.323 e. The zero-order valence-electron chi connectivity index (χ0n) is 11.1. The number of para-hydroxylation sites is 1. The molecule has 2 rings (SSSR count). The average Bonchev–Trinajstić information content (AvgIpc) is 2.41. The van der Waals surface area contributed by atoms with E-state index in [0.717, 1.165) is 20.5 Å². The predicted molar refractivity (Wildman–Crippen MR) is 90.8 cm³/mol. The zero-order valence-corrected chi connectivity index (χ0v) is 13.2. The first-order chi connectivity index (χ1) is 9.56. The van der Waals surface area contributed by atoms with Crippen LogP contribution in [0.4, 0.5) is 16.2 Å². The van der Waals surface area contributed by atoms with Gasteiger partial charge < -0.3 is 16.4 Å². The molecule has 0 bridgehead atoms. The first kappa shape index (κ1) is 14.8. The Morgan fingerprint density at radius 2 is 1.90 bits per heavy atom. The normalized spacial score (nSPS) is 11.8. The molecule has 0 spiro atoms. The summed E-state index contributed by atoms with van der Waals surface area (Å²) in [5.41, 5.74) is 8.32. The highest BCUT2D eigenvalue weighted by Crippen LogP contribution is 2.18. The largest absolute Gasteiger partial charge is 0.324 e. The van der Waals surface area contributed by atoms with Gasteiger partial charge in [-0.3, -0.25) is 0 Å². The molecular formula is C15H16IN3O. The number of halogens is 1. The number of anilines is 2. The fraction of sp³-hybridized carbons (Fsp3) is 0.133. The topological polar surface area (TPSA) is 67.1 Å². The predicted octanol–water partition coefficient (Wildman–Crippen LogP) is 3.95. The molecule has 104 valence electrons. The van der Waals surface area contributed by atoms with Gasteiger partial charge in [-0.2, -0.15) is 0 Å². The highest BCUT2D eigenvalue weighted by atomic mass is 127. The van der Waals surface area contributed by atoms with Gasteiger partial charge in [0.2, 0.25) is 0 Å². The lowest BCUT2D eigenvalue weighted by Crippen LogP contribution is -2.20. The molecule has 1 unspecified atom stereocenters. The monoisotopic (exact) mass is 381 g/mol. The van der Waals surface area contributed by atoms with Crippen molar-refractivity contribution >= 4 is 40.0 Å². The summed E-state index contributed by atoms with van der Waals surface area (Å²) >= 11 is 2.18. The number of nitrogens with one attached hydrogen (secondary N) is 2. The van der Waals surface area contributed by atoms with Crippen LogP contribution in [-0.4, -0.2) is 6.03 Å². The lowest BCUT2D eigenvalue weighted by molar-refractivity contribution is 0.262. The van der Waals surface area contributed by atoms with Crippen LogP contribution in [0.1, 0.15) is 18.5 Å². The molecule has 2 aromatic rings. The van der Waals surface area contributed by atoms with E-state index in [2.05, 4.69) is 33.2 Å². The van der Waals surface area contributed by atoms with Gasteiger partial charge in [-0.1, -0.05) is 24.3 Å². The molecular weight excluding hydrogens is 365 g/mol. The highest BCUT2D eigenvalue weighted by Gasteiger charge is 2.06. The van der Waals surface area contributed by atoms with Crippen LogP contribution in [0.3, 0.4) is 0 Å². The summed E-state index contributed by atoms with van der Waals surface area (Å²) < 4.78 is 0.990. The van der Waals surface area contributed by atoms with E-state index in [0.29, 0.717) is 0 Å². The van der Waals surface area contributed by atoms with E-state index in [4.69, 9.17) is 5.73 Å². The Balaban J connectivity index is 2.05. The number of hydrogen-bond acceptors (Lipinski definition) is 2. The van der Waals surface area contributed by atoms with Gasteiger partial charge in [0.05, 0.1) is 5.69 Å². The van der Waals surface area contributed by atoms with Crippen LogP contribution in [0, 0.1) is 3.57 Å². The Morgan fingerprint density at radius 1 is 1.15 bits per heavy atom. The summed E-state index contributed by atoms with van der Waals surface area (Å²) in [7, 11) is 0. The standard InChI is InChI=1S/C15H16IN3O/c1-10(17)11-5-4-6-12(9-11)18-15(20)19-14-8-3-2-7-13(14)16/h2-10H,17H2,1H3,(H2,18,19,20). The number of benzene rings is 2. The number of hydrogen-bond donors (Lipinski definition) is 3. The minimum absolute atomic E-state index is 0.0603. The molecule has 2 aromatic carbocycles. The van der Waals surface area contributed by atoms with E-state index in [1.54, 1.807) is 0 Å². The Kier molecular flexibility index (Phi) is 4.97. The molecule has 0 aliphatic carbocycles. The van der Waals surface area contributed by atoms with Crippen molar-refractivity contribution in [2.24, 2.45) is 5.73 Å². The van der Waals surface area contributed by atoms with E-state index < -0.39 is 0 Å². The average molecular weight is 381 g/mol. The molecule has 1 atom stereocenters. The Bertz CT molecular complexity index is 614. The Morgan fingerprint density at radius 3 is 2.60 bits per heavy atom. The van der Waals surface area contributed by atoms with Crippen LogP contribution in [0.15, 0.2) is 48.5 Å². The summed E-state index contributed by atoms with van der Waals surface area (Å²) in [6.07, 6.45) is 0. The van der Waals surface area contributed by atoms with Crippen molar-refractivity contribution in [3.05, 3.63) is 57.7 Å². The summed E-state index contributed by atoms with van der Waals surface area (Å²) in [5.74, 6) is 0. The lowest BCUT2D eigenvalue weighted by Gasteiger charge is -2.11. The number of nitrogens with two attached hydrogens (primary N) is 1. The van der Waals surface area contributed by atoms with E-state index in [9.17, 15) is 4.79 Å². The fourth-order valence-electron chi connectivity index (χ4n) is 1.75. The number of carbonyl (C=O) groups excluding carboxylic acids is 1. The number of urea groups is 1. The van der Waals surface area contributed by atoms with E-state index in [1.165, 1.54) is 0 Å². The summed E-state index contributed by atoms with van der Waals surface area (Å²) in [6, 6.07) is 14.8. The molecule has 0 heterocycles. The SMILES string of the molecule is CC(N)c1cccc(NC(=O)Nc2ccccc2I)c1. The molecule has 0 aromatic heterocycles.